The van der Waals surface area contributed by atoms with E-state index in [1.54, 1.807) is 19.0 Å². The molecule has 65 heavy (non-hydrogen) atoms. The fourth-order valence-corrected chi connectivity index (χ4v) is 7.54. The van der Waals surface area contributed by atoms with Crippen molar-refractivity contribution in [3.63, 3.8) is 0 Å². The summed E-state index contributed by atoms with van der Waals surface area (Å²) in [5.41, 5.74) is 2.34. The van der Waals surface area contributed by atoms with Gasteiger partial charge < -0.3 is 45.4 Å². The molecule has 4 aromatic rings. The zero-order valence-corrected chi connectivity index (χ0v) is 38.8. The first-order valence-corrected chi connectivity index (χ1v) is 21.7. The molecule has 5 amide bonds. The first kappa shape index (κ1) is 53.3. The Morgan fingerprint density at radius 2 is 1.06 bits per heavy atom. The average Bonchev–Trinajstić information content (AvgIpc) is 3.55. The zero-order chi connectivity index (χ0) is 46.3. The zero-order valence-electron chi connectivity index (χ0n) is 38.8. The van der Waals surface area contributed by atoms with Crippen molar-refractivity contribution in [1.29, 1.82) is 0 Å². The van der Waals surface area contributed by atoms with Gasteiger partial charge in [0.05, 0.1) is 17.9 Å². The van der Waals surface area contributed by atoms with Crippen LogP contribution in [-0.2, 0) is 40.5 Å². The minimum absolute atomic E-state index is 0. The van der Waals surface area contributed by atoms with Crippen LogP contribution < -0.4 is 26.6 Å². The number of fused-ring (bicyclic) bond motifs is 2. The van der Waals surface area contributed by atoms with Gasteiger partial charge in [0, 0.05) is 51.4 Å². The summed E-state index contributed by atoms with van der Waals surface area (Å²) < 4.78 is 9.72. The molecule has 0 aliphatic carbocycles. The molecule has 0 fully saturated rings. The largest absolute Gasteiger partial charge is 0.444 e. The first-order valence-electron chi connectivity index (χ1n) is 21.7. The number of carbonyl (C=O) groups is 5. The van der Waals surface area contributed by atoms with E-state index in [-0.39, 0.29) is 44.8 Å². The van der Waals surface area contributed by atoms with Gasteiger partial charge in [-0.25, -0.2) is 14.8 Å². The number of hydrogen-bond acceptors (Lipinski definition) is 9. The Bertz CT molecular complexity index is 2250. The van der Waals surface area contributed by atoms with Crippen LogP contribution in [0.4, 0.5) is 4.79 Å². The molecular weight excluding hydrogens is 825 g/mol. The predicted molar refractivity (Wildman–Crippen MR) is 256 cm³/mol. The van der Waals surface area contributed by atoms with Crippen molar-refractivity contribution < 1.29 is 28.7 Å². The van der Waals surface area contributed by atoms with Crippen molar-refractivity contribution in [3.05, 3.63) is 83.4 Å². The second kappa shape index (κ2) is 22.2. The third-order valence-electron chi connectivity index (χ3n) is 10.8. The maximum Gasteiger partial charge on any atom is 0.410 e. The molecule has 6 rings (SSSR count). The highest BCUT2D eigenvalue weighted by atomic mass is 16.6. The Labute approximate surface area is 386 Å². The summed E-state index contributed by atoms with van der Waals surface area (Å²) in [5.74, 6) is 0.173. The highest BCUT2D eigenvalue weighted by Gasteiger charge is 2.37. The summed E-state index contributed by atoms with van der Waals surface area (Å²) in [6.45, 7) is 20.5. The minimum Gasteiger partial charge on any atom is -0.444 e. The van der Waals surface area contributed by atoms with Crippen LogP contribution in [0, 0.1) is 10.8 Å². The van der Waals surface area contributed by atoms with Crippen molar-refractivity contribution in [2.45, 2.75) is 134 Å². The third-order valence-corrected chi connectivity index (χ3v) is 10.8. The molecule has 2 atom stereocenters. The smallest absolute Gasteiger partial charge is 0.410 e. The number of aromatic nitrogens is 4. The van der Waals surface area contributed by atoms with Gasteiger partial charge in [-0.15, -0.1) is 0 Å². The van der Waals surface area contributed by atoms with Crippen molar-refractivity contribution >= 4 is 29.7 Å². The maximum atomic E-state index is 13.6. The van der Waals surface area contributed by atoms with Gasteiger partial charge in [0.1, 0.15) is 29.3 Å². The molecule has 5 N–H and O–H groups in total. The van der Waals surface area contributed by atoms with Crippen LogP contribution in [-0.4, -0.2) is 98.6 Å². The number of hydrogen-bond donors (Lipinski definition) is 5. The highest BCUT2D eigenvalue weighted by Crippen LogP contribution is 2.29. The lowest BCUT2D eigenvalue weighted by Gasteiger charge is -2.30. The van der Waals surface area contributed by atoms with Crippen LogP contribution in [0.3, 0.4) is 0 Å². The quantitative estimate of drug-likeness (QED) is 0.127. The van der Waals surface area contributed by atoms with Gasteiger partial charge in [0.25, 0.3) is 11.8 Å². The summed E-state index contributed by atoms with van der Waals surface area (Å²) in [6.07, 6.45) is 1.22. The van der Waals surface area contributed by atoms with Crippen molar-refractivity contribution in [1.82, 2.24) is 50.6 Å². The second-order valence-corrected chi connectivity index (χ2v) is 19.1. The second-order valence-electron chi connectivity index (χ2n) is 19.1. The number of likely N-dealkylation sites (N-methyl/N-ethyl adjacent to an activating group) is 2. The lowest BCUT2D eigenvalue weighted by atomic mass is 9.86. The highest BCUT2D eigenvalue weighted by molar-refractivity contribution is 5.99. The number of imidazole rings is 2. The minimum atomic E-state index is -0.759. The maximum absolute atomic E-state index is 13.6. The van der Waals surface area contributed by atoms with Gasteiger partial charge in [0.15, 0.2) is 11.4 Å². The van der Waals surface area contributed by atoms with E-state index in [0.29, 0.717) is 43.3 Å². The molecule has 356 valence electrons. The topological polar surface area (TPSA) is 194 Å². The van der Waals surface area contributed by atoms with Crippen LogP contribution in [0.1, 0.15) is 122 Å². The number of ether oxygens (including phenoxy) is 1. The van der Waals surface area contributed by atoms with E-state index >= 15 is 0 Å². The van der Waals surface area contributed by atoms with E-state index in [0.717, 1.165) is 42.2 Å². The summed E-state index contributed by atoms with van der Waals surface area (Å²) in [4.78, 5) is 75.5. The molecule has 16 heteroatoms. The SMILES string of the molecule is C.C.CNC(=O)[C@@H](NC(=O)c1nc(-c2ccccc2)n2c1CN(C(=O)OC(C)(C)C)CCC2)C(C)(C)C.CNC(=O)[C@@H](NC(=O)c1nc(-c2ccccc2)n2c1CNCCC2)C(C)(C)C. The van der Waals surface area contributed by atoms with E-state index < -0.39 is 40.5 Å². The summed E-state index contributed by atoms with van der Waals surface area (Å²) in [7, 11) is 3.12. The molecule has 0 spiro atoms. The molecule has 0 radical (unpaired) electrons. The molecule has 2 aromatic carbocycles. The molecule has 16 nitrogen and oxygen atoms in total. The number of benzene rings is 2. The third kappa shape index (κ3) is 13.3. The van der Waals surface area contributed by atoms with E-state index in [1.807, 2.05) is 128 Å². The standard InChI is InChI=1S/C26H37N5O4.C21H29N5O2.2CH4/c1-25(2,3)20(23(33)27-7)29-22(32)19-18-16-30(24(34)35-26(4,5)6)14-11-15-31(18)21(28-19)17-12-9-8-10-13-17;1-21(2,3)17(20(28)22-4)25-19(27)16-15-13-23-11-8-12-26(15)18(24-16)14-9-6-5-7-10-14;;/h8-10,12-13,20H,11,14-16H2,1-7H3,(H,27,33)(H,29,32);5-7,9-10,17,23H,8,11-13H2,1-4H3,(H,22,28)(H,25,27);2*1H4/t20-;17-;;/m11../s1. The molecule has 2 aromatic heterocycles. The van der Waals surface area contributed by atoms with Crippen LogP contribution in [0.15, 0.2) is 60.7 Å². The van der Waals surface area contributed by atoms with Crippen LogP contribution in [0.5, 0.6) is 0 Å². The lowest BCUT2D eigenvalue weighted by Crippen LogP contribution is -2.53. The number of amides is 5. The number of nitrogens with one attached hydrogen (secondary N) is 5. The Morgan fingerprint density at radius 1 is 0.631 bits per heavy atom. The van der Waals surface area contributed by atoms with Gasteiger partial charge in [-0.3, -0.25) is 19.2 Å². The first-order chi connectivity index (χ1) is 29.6. The predicted octanol–water partition coefficient (Wildman–Crippen LogP) is 6.79. The Balaban J connectivity index is 0.000000342. The van der Waals surface area contributed by atoms with E-state index in [4.69, 9.17) is 14.7 Å². The van der Waals surface area contributed by atoms with Crippen LogP contribution in [0.2, 0.25) is 0 Å². The van der Waals surface area contributed by atoms with Crippen LogP contribution >= 0.6 is 0 Å². The molecule has 0 saturated heterocycles. The Morgan fingerprint density at radius 3 is 1.49 bits per heavy atom. The number of carbonyl (C=O) groups excluding carboxylic acids is 5. The number of nitrogens with zero attached hydrogens (tertiary/aromatic N) is 5. The molecule has 2 aliphatic heterocycles. The number of rotatable bonds is 8. The van der Waals surface area contributed by atoms with E-state index in [9.17, 15) is 24.0 Å². The summed E-state index contributed by atoms with van der Waals surface area (Å²) >= 11 is 0. The van der Waals surface area contributed by atoms with Gasteiger partial charge in [-0.05, 0) is 51.0 Å². The lowest BCUT2D eigenvalue weighted by molar-refractivity contribution is -0.125. The van der Waals surface area contributed by atoms with Crippen molar-refractivity contribution in [2.24, 2.45) is 10.8 Å². The average molecular weight is 899 g/mol. The summed E-state index contributed by atoms with van der Waals surface area (Å²) in [6, 6.07) is 18.1. The Hall–Kier alpha value is -6.03. The Kier molecular flexibility index (Phi) is 18.2. The van der Waals surface area contributed by atoms with Crippen molar-refractivity contribution in [3.8, 4) is 22.8 Å². The fourth-order valence-electron chi connectivity index (χ4n) is 7.54. The molecule has 0 unspecified atom stereocenters. The molecule has 4 heterocycles. The van der Waals surface area contributed by atoms with Gasteiger partial charge in [-0.2, -0.15) is 0 Å². The molecule has 0 saturated carbocycles. The normalized spacial score (nSPS) is 14.7. The molecule has 0 bridgehead atoms. The summed E-state index contributed by atoms with van der Waals surface area (Å²) in [5, 5.41) is 14.4. The monoisotopic (exact) mass is 899 g/mol. The van der Waals surface area contributed by atoms with Gasteiger partial charge in [0.2, 0.25) is 11.8 Å². The molecular formula is C49H74N10O6. The van der Waals surface area contributed by atoms with Crippen LogP contribution in [0.25, 0.3) is 22.8 Å². The van der Waals surface area contributed by atoms with E-state index in [2.05, 4.69) is 31.2 Å². The van der Waals surface area contributed by atoms with Gasteiger partial charge >= 0.3 is 6.09 Å². The van der Waals surface area contributed by atoms with E-state index in [1.165, 1.54) is 0 Å². The fraction of sp³-hybridized carbons (Fsp3) is 0.531. The van der Waals surface area contributed by atoms with Crippen molar-refractivity contribution in [2.75, 3.05) is 27.2 Å². The van der Waals surface area contributed by atoms with Gasteiger partial charge in [-0.1, -0.05) is 117 Å². The molecule has 2 aliphatic rings.